The first-order valence-electron chi connectivity index (χ1n) is 11.8. The van der Waals surface area contributed by atoms with Crippen LogP contribution in [-0.2, 0) is 19.4 Å². The van der Waals surface area contributed by atoms with Gasteiger partial charge >= 0.3 is 0 Å². The number of hydrogen-bond donors (Lipinski definition) is 1. The number of β-amino-alcohol motifs (C(OH)–C–C–N with tert-alkyl or cyclic N) is 1. The number of aliphatic hydroxyl groups excluding tert-OH is 1. The van der Waals surface area contributed by atoms with Gasteiger partial charge in [-0.25, -0.2) is 0 Å². The second kappa shape index (κ2) is 9.22. The van der Waals surface area contributed by atoms with Gasteiger partial charge in [0.05, 0.1) is 6.10 Å². The molecule has 2 aromatic carbocycles. The number of fused-ring (bicyclic) bond motifs is 2. The minimum Gasteiger partial charge on any atom is -0.489 e. The highest BCUT2D eigenvalue weighted by Gasteiger charge is 2.28. The molecule has 170 valence electrons. The molecule has 5 rings (SSSR count). The van der Waals surface area contributed by atoms with Crippen molar-refractivity contribution in [1.29, 1.82) is 0 Å². The van der Waals surface area contributed by atoms with Gasteiger partial charge in [-0.1, -0.05) is 24.3 Å². The number of likely N-dealkylation sites (N-methyl/N-ethyl adjacent to an activating group) is 1. The van der Waals surface area contributed by atoms with E-state index in [-0.39, 0.29) is 12.0 Å². The first-order chi connectivity index (χ1) is 15.5. The summed E-state index contributed by atoms with van der Waals surface area (Å²) in [6.07, 6.45) is 2.53. The Kier molecular flexibility index (Phi) is 6.17. The lowest BCUT2D eigenvalue weighted by atomic mass is 9.98. The summed E-state index contributed by atoms with van der Waals surface area (Å²) < 4.78 is 6.14. The van der Waals surface area contributed by atoms with Crippen LogP contribution in [-0.4, -0.2) is 84.2 Å². The summed E-state index contributed by atoms with van der Waals surface area (Å²) in [5, 5.41) is 10.7. The fraction of sp³-hybridized carbons (Fsp3) is 0.500. The number of carbonyl (C=O) groups is 1. The van der Waals surface area contributed by atoms with Crippen LogP contribution in [0.2, 0.25) is 0 Å². The zero-order valence-electron chi connectivity index (χ0n) is 18.9. The van der Waals surface area contributed by atoms with Gasteiger partial charge in [0.2, 0.25) is 0 Å². The van der Waals surface area contributed by atoms with E-state index in [9.17, 15) is 9.90 Å². The molecule has 6 heteroatoms. The van der Waals surface area contributed by atoms with Gasteiger partial charge in [0.1, 0.15) is 11.9 Å². The number of carbonyl (C=O) groups excluding carboxylic acids is 1. The van der Waals surface area contributed by atoms with Crippen molar-refractivity contribution in [3.05, 3.63) is 64.7 Å². The maximum absolute atomic E-state index is 13.1. The second-order valence-electron chi connectivity index (χ2n) is 9.52. The number of benzene rings is 2. The van der Waals surface area contributed by atoms with E-state index in [1.54, 1.807) is 4.90 Å². The quantitative estimate of drug-likeness (QED) is 0.754. The van der Waals surface area contributed by atoms with Crippen LogP contribution in [0.1, 0.15) is 33.5 Å². The van der Waals surface area contributed by atoms with Crippen LogP contribution in [0, 0.1) is 0 Å². The third-order valence-electron chi connectivity index (χ3n) is 7.01. The minimum atomic E-state index is -0.548. The van der Waals surface area contributed by atoms with E-state index < -0.39 is 6.10 Å². The molecule has 3 heterocycles. The SMILES string of the molecule is CN1CCC(Oc2ccc3c(c2)CCN(C[C@H](O)CN2CCc4ccccc4C2)C3=O)C1. The summed E-state index contributed by atoms with van der Waals surface area (Å²) in [6, 6.07) is 14.4. The van der Waals surface area contributed by atoms with Gasteiger partial charge in [-0.3, -0.25) is 9.69 Å². The first-order valence-corrected chi connectivity index (χ1v) is 11.8. The first kappa shape index (κ1) is 21.4. The molecule has 0 aromatic heterocycles. The molecule has 1 unspecified atom stereocenters. The molecule has 2 aromatic rings. The van der Waals surface area contributed by atoms with Crippen molar-refractivity contribution in [2.45, 2.75) is 38.0 Å². The van der Waals surface area contributed by atoms with Gasteiger partial charge in [-0.15, -0.1) is 0 Å². The van der Waals surface area contributed by atoms with Crippen LogP contribution in [0.4, 0.5) is 0 Å². The van der Waals surface area contributed by atoms with Gasteiger partial charge in [0.15, 0.2) is 0 Å². The predicted octanol–water partition coefficient (Wildman–Crippen LogP) is 2.19. The normalized spacial score (nSPS) is 22.5. The third kappa shape index (κ3) is 4.68. The molecule has 0 radical (unpaired) electrons. The summed E-state index contributed by atoms with van der Waals surface area (Å²) in [5.74, 6) is 0.872. The Bertz CT molecular complexity index is 979. The molecule has 1 N–H and O–H groups in total. The maximum Gasteiger partial charge on any atom is 0.254 e. The Labute approximate surface area is 190 Å². The van der Waals surface area contributed by atoms with Crippen LogP contribution >= 0.6 is 0 Å². The molecule has 1 fully saturated rings. The molecule has 3 aliphatic rings. The number of hydrogen-bond acceptors (Lipinski definition) is 5. The summed E-state index contributed by atoms with van der Waals surface area (Å²) in [5.41, 5.74) is 4.55. The van der Waals surface area contributed by atoms with Crippen molar-refractivity contribution in [1.82, 2.24) is 14.7 Å². The highest BCUT2D eigenvalue weighted by molar-refractivity contribution is 5.97. The standard InChI is InChI=1S/C26H33N3O3/c1-27-11-10-24(18-27)32-23-6-7-25-20(14-23)9-13-29(26(25)31)17-22(30)16-28-12-8-19-4-2-3-5-21(19)15-28/h2-7,14,22,24,30H,8-13,15-18H2,1H3/t22-,24?/m1/s1. The predicted molar refractivity (Wildman–Crippen MR) is 124 cm³/mol. The fourth-order valence-corrected chi connectivity index (χ4v) is 5.26. The summed E-state index contributed by atoms with van der Waals surface area (Å²) in [7, 11) is 2.11. The minimum absolute atomic E-state index is 0.0152. The lowest BCUT2D eigenvalue weighted by molar-refractivity contribution is 0.0492. The van der Waals surface area contributed by atoms with E-state index in [4.69, 9.17) is 4.74 Å². The molecule has 3 aliphatic heterocycles. The zero-order chi connectivity index (χ0) is 22.1. The van der Waals surface area contributed by atoms with Crippen LogP contribution < -0.4 is 4.74 Å². The number of amides is 1. The molecule has 32 heavy (non-hydrogen) atoms. The summed E-state index contributed by atoms with van der Waals surface area (Å²) >= 11 is 0. The smallest absolute Gasteiger partial charge is 0.254 e. The van der Waals surface area contributed by atoms with Crippen molar-refractivity contribution < 1.29 is 14.6 Å². The second-order valence-corrected chi connectivity index (χ2v) is 9.52. The van der Waals surface area contributed by atoms with E-state index in [0.717, 1.165) is 62.3 Å². The number of aliphatic hydroxyl groups is 1. The van der Waals surface area contributed by atoms with Crippen LogP contribution in [0.5, 0.6) is 5.75 Å². The van der Waals surface area contributed by atoms with Gasteiger partial charge in [0.25, 0.3) is 5.91 Å². The number of rotatable bonds is 6. The van der Waals surface area contributed by atoms with Crippen molar-refractivity contribution >= 4 is 5.91 Å². The van der Waals surface area contributed by atoms with E-state index in [0.29, 0.717) is 19.6 Å². The average Bonchev–Trinajstić information content (AvgIpc) is 3.20. The van der Waals surface area contributed by atoms with Crippen LogP contribution in [0.15, 0.2) is 42.5 Å². The topological polar surface area (TPSA) is 56.2 Å². The molecule has 6 nitrogen and oxygen atoms in total. The zero-order valence-corrected chi connectivity index (χ0v) is 18.9. The van der Waals surface area contributed by atoms with E-state index in [2.05, 4.69) is 41.1 Å². The maximum atomic E-state index is 13.1. The Morgan fingerprint density at radius 2 is 1.84 bits per heavy atom. The molecular formula is C26H33N3O3. The number of nitrogens with zero attached hydrogens (tertiary/aromatic N) is 3. The Morgan fingerprint density at radius 3 is 2.66 bits per heavy atom. The van der Waals surface area contributed by atoms with Crippen molar-refractivity contribution in [3.63, 3.8) is 0 Å². The summed E-state index contributed by atoms with van der Waals surface area (Å²) in [4.78, 5) is 19.4. The largest absolute Gasteiger partial charge is 0.489 e. The molecule has 2 atom stereocenters. The summed E-state index contributed by atoms with van der Waals surface area (Å²) in [6.45, 7) is 5.44. The highest BCUT2D eigenvalue weighted by Crippen LogP contribution is 2.26. The van der Waals surface area contributed by atoms with Crippen molar-refractivity contribution in [2.24, 2.45) is 0 Å². The number of likely N-dealkylation sites (tertiary alicyclic amines) is 1. The highest BCUT2D eigenvalue weighted by atomic mass is 16.5. The van der Waals surface area contributed by atoms with E-state index in [1.807, 2.05) is 18.2 Å². The molecular weight excluding hydrogens is 402 g/mol. The van der Waals surface area contributed by atoms with Crippen molar-refractivity contribution in [3.8, 4) is 5.75 Å². The van der Waals surface area contributed by atoms with Gasteiger partial charge < -0.3 is 19.6 Å². The van der Waals surface area contributed by atoms with Crippen LogP contribution in [0.3, 0.4) is 0 Å². The number of ether oxygens (including phenoxy) is 1. The molecule has 1 saturated heterocycles. The van der Waals surface area contributed by atoms with Crippen LogP contribution in [0.25, 0.3) is 0 Å². The molecule has 0 spiro atoms. The van der Waals surface area contributed by atoms with E-state index >= 15 is 0 Å². The average molecular weight is 436 g/mol. The Morgan fingerprint density at radius 1 is 1.03 bits per heavy atom. The third-order valence-corrected chi connectivity index (χ3v) is 7.01. The van der Waals surface area contributed by atoms with Gasteiger partial charge in [-0.2, -0.15) is 0 Å². The van der Waals surface area contributed by atoms with Crippen molar-refractivity contribution in [2.75, 3.05) is 46.3 Å². The Hall–Kier alpha value is -2.41. The van der Waals surface area contributed by atoms with E-state index in [1.165, 1.54) is 11.1 Å². The lowest BCUT2D eigenvalue weighted by Gasteiger charge is -2.34. The lowest BCUT2D eigenvalue weighted by Crippen LogP contribution is -2.46. The Balaban J connectivity index is 1.17. The molecule has 1 amide bonds. The molecule has 0 aliphatic carbocycles. The monoisotopic (exact) mass is 435 g/mol. The van der Waals surface area contributed by atoms with Gasteiger partial charge in [-0.05, 0) is 61.2 Å². The molecule has 0 bridgehead atoms. The van der Waals surface area contributed by atoms with Gasteiger partial charge in [0, 0.05) is 51.4 Å². The fourth-order valence-electron chi connectivity index (χ4n) is 5.26. The molecule has 0 saturated carbocycles.